The Morgan fingerprint density at radius 3 is 2.20 bits per heavy atom. The van der Waals surface area contributed by atoms with E-state index >= 15 is 0 Å². The quantitative estimate of drug-likeness (QED) is 0.817. The number of halogens is 6. The summed E-state index contributed by atoms with van der Waals surface area (Å²) in [4.78, 5) is 27.3. The number of amides is 1. The molecule has 0 aliphatic rings. The monoisotopic (exact) mass is 367 g/mol. The molecule has 134 valence electrons. The van der Waals surface area contributed by atoms with Crippen LogP contribution in [0.15, 0.2) is 35.3 Å². The molecule has 2 rings (SSSR count). The summed E-state index contributed by atoms with van der Waals surface area (Å²) >= 11 is 0. The van der Waals surface area contributed by atoms with E-state index in [1.54, 1.807) is 0 Å². The Labute approximate surface area is 134 Å². The van der Waals surface area contributed by atoms with E-state index in [1.165, 1.54) is 4.98 Å². The number of benzene rings is 1. The number of nitrogens with one attached hydrogen (secondary N) is 2. The molecule has 0 atom stereocenters. The third-order valence-electron chi connectivity index (χ3n) is 2.69. The fourth-order valence-electron chi connectivity index (χ4n) is 1.73. The van der Waals surface area contributed by atoms with E-state index in [1.807, 2.05) is 5.32 Å². The Morgan fingerprint density at radius 1 is 1.08 bits per heavy atom. The normalized spacial score (nSPS) is 11.9. The summed E-state index contributed by atoms with van der Waals surface area (Å²) in [5.74, 6) is -1.84. The zero-order chi connectivity index (χ0) is 18.8. The first-order chi connectivity index (χ1) is 11.5. The molecule has 1 aromatic carbocycles. The number of nitrogens with zero attached hydrogens (tertiary/aromatic N) is 1. The lowest BCUT2D eigenvalue weighted by Gasteiger charge is -2.12. The van der Waals surface area contributed by atoms with Gasteiger partial charge in [-0.3, -0.25) is 4.79 Å². The summed E-state index contributed by atoms with van der Waals surface area (Å²) in [5, 5.41) is 2.04. The maximum atomic E-state index is 12.8. The van der Waals surface area contributed by atoms with Crippen LogP contribution in [0.4, 0.5) is 32.0 Å². The van der Waals surface area contributed by atoms with Crippen molar-refractivity contribution in [3.05, 3.63) is 52.2 Å². The predicted octanol–water partition coefficient (Wildman–Crippen LogP) is 2.94. The summed E-state index contributed by atoms with van der Waals surface area (Å²) in [5.41, 5.74) is -3.94. The Bertz CT molecular complexity index is 827. The van der Waals surface area contributed by atoms with E-state index in [0.717, 1.165) is 24.3 Å². The second-order valence-corrected chi connectivity index (χ2v) is 4.50. The van der Waals surface area contributed by atoms with Crippen molar-refractivity contribution in [3.63, 3.8) is 0 Å². The molecule has 2 aromatic rings. The van der Waals surface area contributed by atoms with Crippen molar-refractivity contribution in [2.45, 2.75) is 12.5 Å². The number of rotatable bonds is 3. The van der Waals surface area contributed by atoms with Gasteiger partial charge in [-0.15, -0.1) is 13.2 Å². The SMILES string of the molecule is O=C(Nc1ccc(OC(F)(F)F)cc1)c1cnc(=O)[nH]c1C(F)(F)F. The van der Waals surface area contributed by atoms with Crippen molar-refractivity contribution in [1.82, 2.24) is 9.97 Å². The van der Waals surface area contributed by atoms with E-state index < -0.39 is 41.1 Å². The first-order valence-electron chi connectivity index (χ1n) is 6.29. The first-order valence-corrected chi connectivity index (χ1v) is 6.29. The maximum Gasteiger partial charge on any atom is 0.573 e. The molecule has 12 heteroatoms. The average molecular weight is 367 g/mol. The van der Waals surface area contributed by atoms with Gasteiger partial charge in [0.2, 0.25) is 0 Å². The maximum absolute atomic E-state index is 12.8. The molecule has 0 radical (unpaired) electrons. The lowest BCUT2D eigenvalue weighted by atomic mass is 10.2. The van der Waals surface area contributed by atoms with Gasteiger partial charge in [-0.1, -0.05) is 0 Å². The van der Waals surface area contributed by atoms with Crippen molar-refractivity contribution in [2.75, 3.05) is 5.32 Å². The van der Waals surface area contributed by atoms with Crippen molar-refractivity contribution >= 4 is 11.6 Å². The van der Waals surface area contributed by atoms with E-state index in [9.17, 15) is 35.9 Å². The summed E-state index contributed by atoms with van der Waals surface area (Å²) in [6.45, 7) is 0. The van der Waals surface area contributed by atoms with Gasteiger partial charge in [-0.25, -0.2) is 9.78 Å². The molecule has 0 saturated carbocycles. The number of H-pyrrole nitrogens is 1. The molecule has 0 bridgehead atoms. The van der Waals surface area contributed by atoms with Gasteiger partial charge in [0, 0.05) is 11.9 Å². The van der Waals surface area contributed by atoms with Crippen LogP contribution in [0.25, 0.3) is 0 Å². The minimum atomic E-state index is -5.01. The van der Waals surface area contributed by atoms with Crippen molar-refractivity contribution < 1.29 is 35.9 Å². The van der Waals surface area contributed by atoms with Crippen LogP contribution in [0.1, 0.15) is 16.1 Å². The van der Waals surface area contributed by atoms with Crippen LogP contribution in [0.3, 0.4) is 0 Å². The number of carbonyl (C=O) groups excluding carboxylic acids is 1. The molecule has 25 heavy (non-hydrogen) atoms. The van der Waals surface area contributed by atoms with Gasteiger partial charge in [0.25, 0.3) is 5.91 Å². The van der Waals surface area contributed by atoms with Crippen molar-refractivity contribution in [3.8, 4) is 5.75 Å². The number of hydrogen-bond donors (Lipinski definition) is 2. The van der Waals surface area contributed by atoms with E-state index in [-0.39, 0.29) is 5.69 Å². The summed E-state index contributed by atoms with van der Waals surface area (Å²) < 4.78 is 78.2. The molecule has 0 saturated heterocycles. The Morgan fingerprint density at radius 2 is 1.68 bits per heavy atom. The number of carbonyl (C=O) groups is 1. The van der Waals surface area contributed by atoms with Crippen molar-refractivity contribution in [1.29, 1.82) is 0 Å². The highest BCUT2D eigenvalue weighted by Gasteiger charge is 2.37. The highest BCUT2D eigenvalue weighted by molar-refractivity contribution is 6.04. The molecule has 0 unspecified atom stereocenters. The summed E-state index contributed by atoms with van der Waals surface area (Å²) in [7, 11) is 0. The standard InChI is InChI=1S/C13H7F6N3O3/c14-12(15,16)9-8(5-20-11(24)22-9)10(23)21-6-1-3-7(4-2-6)25-13(17,18)19/h1-5H,(H,21,23)(H,20,22,24). The minimum absolute atomic E-state index is 0.0983. The largest absolute Gasteiger partial charge is 0.573 e. The second-order valence-electron chi connectivity index (χ2n) is 4.50. The molecule has 0 aliphatic carbocycles. The van der Waals surface area contributed by atoms with Crippen LogP contribution in [0.2, 0.25) is 0 Å². The van der Waals surface area contributed by atoms with E-state index in [0.29, 0.717) is 6.20 Å². The summed E-state index contributed by atoms with van der Waals surface area (Å²) in [6, 6.07) is 3.70. The van der Waals surface area contributed by atoms with Crippen LogP contribution < -0.4 is 15.7 Å². The highest BCUT2D eigenvalue weighted by Crippen LogP contribution is 2.30. The second kappa shape index (κ2) is 6.45. The number of aromatic amines is 1. The van der Waals surface area contributed by atoms with Crippen molar-refractivity contribution in [2.24, 2.45) is 0 Å². The topological polar surface area (TPSA) is 84.1 Å². The van der Waals surface area contributed by atoms with E-state index in [4.69, 9.17) is 0 Å². The Hall–Kier alpha value is -3.05. The number of aromatic nitrogens is 2. The molecule has 2 N–H and O–H groups in total. The molecule has 6 nitrogen and oxygen atoms in total. The van der Waals surface area contributed by atoms with Gasteiger partial charge >= 0.3 is 18.2 Å². The fraction of sp³-hybridized carbons (Fsp3) is 0.154. The fourth-order valence-corrected chi connectivity index (χ4v) is 1.73. The Balaban J connectivity index is 2.22. The molecule has 0 fully saturated rings. The predicted molar refractivity (Wildman–Crippen MR) is 70.9 cm³/mol. The number of ether oxygens (including phenoxy) is 1. The first kappa shape index (κ1) is 18.3. The molecule has 0 aliphatic heterocycles. The molecular formula is C13H7F6N3O3. The van der Waals surface area contributed by atoms with Crippen LogP contribution in [-0.4, -0.2) is 22.2 Å². The Kier molecular flexibility index (Phi) is 4.72. The van der Waals surface area contributed by atoms with Crippen LogP contribution in [0, 0.1) is 0 Å². The van der Waals surface area contributed by atoms with Crippen LogP contribution >= 0.6 is 0 Å². The van der Waals surface area contributed by atoms with Gasteiger partial charge in [0.1, 0.15) is 11.4 Å². The number of alkyl halides is 6. The zero-order valence-corrected chi connectivity index (χ0v) is 11.8. The smallest absolute Gasteiger partial charge is 0.406 e. The third-order valence-corrected chi connectivity index (χ3v) is 2.69. The molecule has 1 amide bonds. The molecule has 1 heterocycles. The lowest BCUT2D eigenvalue weighted by molar-refractivity contribution is -0.274. The number of anilines is 1. The average Bonchev–Trinajstić information content (AvgIpc) is 2.46. The number of hydrogen-bond acceptors (Lipinski definition) is 4. The van der Waals surface area contributed by atoms with E-state index in [2.05, 4.69) is 9.72 Å². The molecule has 0 spiro atoms. The van der Waals surface area contributed by atoms with Gasteiger partial charge in [0.05, 0.1) is 5.56 Å². The van der Waals surface area contributed by atoms with Gasteiger partial charge < -0.3 is 15.0 Å². The third kappa shape index (κ3) is 4.96. The molecule has 1 aromatic heterocycles. The van der Waals surface area contributed by atoms with Crippen LogP contribution in [0.5, 0.6) is 5.75 Å². The summed E-state index contributed by atoms with van der Waals surface area (Å²) in [6.07, 6.45) is -9.48. The lowest BCUT2D eigenvalue weighted by Crippen LogP contribution is -2.25. The minimum Gasteiger partial charge on any atom is -0.406 e. The highest BCUT2D eigenvalue weighted by atomic mass is 19.4. The molecular weight excluding hydrogens is 360 g/mol. The zero-order valence-electron chi connectivity index (χ0n) is 11.8. The van der Waals surface area contributed by atoms with Gasteiger partial charge in [0.15, 0.2) is 0 Å². The van der Waals surface area contributed by atoms with Crippen LogP contribution in [-0.2, 0) is 6.18 Å². The van der Waals surface area contributed by atoms with Gasteiger partial charge in [-0.05, 0) is 24.3 Å². The van der Waals surface area contributed by atoms with Gasteiger partial charge in [-0.2, -0.15) is 13.2 Å².